The number of ether oxygens (including phenoxy) is 1. The van der Waals surface area contributed by atoms with Gasteiger partial charge in [-0.2, -0.15) is 0 Å². The van der Waals surface area contributed by atoms with E-state index in [1.165, 1.54) is 6.42 Å². The van der Waals surface area contributed by atoms with E-state index < -0.39 is 10.0 Å². The highest BCUT2D eigenvalue weighted by atomic mass is 32.2. The first-order valence-electron chi connectivity index (χ1n) is 7.43. The Bertz CT molecular complexity index is 366. The topological polar surface area (TPSA) is 58.6 Å². The maximum absolute atomic E-state index is 12.0. The third kappa shape index (κ3) is 4.70. The Kier molecular flexibility index (Phi) is 5.62. The number of likely N-dealkylation sites (N-methyl/N-ethyl adjacent to an activating group) is 1. The Hall–Kier alpha value is -0.170. The molecule has 0 aromatic rings. The van der Waals surface area contributed by atoms with Crippen molar-refractivity contribution in [2.24, 2.45) is 0 Å². The summed E-state index contributed by atoms with van der Waals surface area (Å²) < 4.78 is 32.1. The summed E-state index contributed by atoms with van der Waals surface area (Å²) in [5.74, 6) is 0.191. The Labute approximate surface area is 116 Å². The van der Waals surface area contributed by atoms with Gasteiger partial charge in [-0.1, -0.05) is 6.92 Å². The lowest BCUT2D eigenvalue weighted by Gasteiger charge is -2.23. The standard InChI is InChI=1S/C13H26N2O3S/c1-2-15-8-3-5-12(15)11-14-19(16,17)10-7-13-6-4-9-18-13/h12-14H,2-11H2,1H3/t12-,13-/m1/s1. The van der Waals surface area contributed by atoms with E-state index in [0.717, 1.165) is 39.0 Å². The molecule has 2 rings (SSSR count). The molecule has 0 radical (unpaired) electrons. The molecule has 6 heteroatoms. The predicted molar refractivity (Wildman–Crippen MR) is 75.6 cm³/mol. The lowest BCUT2D eigenvalue weighted by atomic mass is 10.2. The highest BCUT2D eigenvalue weighted by molar-refractivity contribution is 7.89. The first kappa shape index (κ1) is 15.2. The van der Waals surface area contributed by atoms with Gasteiger partial charge in [0.25, 0.3) is 0 Å². The average molecular weight is 290 g/mol. The molecule has 0 aromatic carbocycles. The van der Waals surface area contributed by atoms with Crippen LogP contribution in [0.3, 0.4) is 0 Å². The zero-order chi connectivity index (χ0) is 13.7. The van der Waals surface area contributed by atoms with Gasteiger partial charge in [0.05, 0.1) is 11.9 Å². The zero-order valence-corrected chi connectivity index (χ0v) is 12.6. The minimum Gasteiger partial charge on any atom is -0.378 e. The number of sulfonamides is 1. The highest BCUT2D eigenvalue weighted by Crippen LogP contribution is 2.17. The molecular formula is C13H26N2O3S. The summed E-state index contributed by atoms with van der Waals surface area (Å²) in [5, 5.41) is 0. The van der Waals surface area contributed by atoms with Crippen molar-refractivity contribution in [1.82, 2.24) is 9.62 Å². The van der Waals surface area contributed by atoms with Crippen LogP contribution in [0.4, 0.5) is 0 Å². The molecule has 5 nitrogen and oxygen atoms in total. The van der Waals surface area contributed by atoms with Crippen molar-refractivity contribution in [2.45, 2.75) is 51.2 Å². The van der Waals surface area contributed by atoms with E-state index in [9.17, 15) is 8.42 Å². The molecule has 2 aliphatic heterocycles. The lowest BCUT2D eigenvalue weighted by molar-refractivity contribution is 0.109. The van der Waals surface area contributed by atoms with Gasteiger partial charge in [0, 0.05) is 19.2 Å². The monoisotopic (exact) mass is 290 g/mol. The van der Waals surface area contributed by atoms with Crippen molar-refractivity contribution in [3.63, 3.8) is 0 Å². The smallest absolute Gasteiger partial charge is 0.211 e. The molecule has 0 aromatic heterocycles. The van der Waals surface area contributed by atoms with Gasteiger partial charge in [0.1, 0.15) is 0 Å². The predicted octanol–water partition coefficient (Wildman–Crippen LogP) is 0.959. The van der Waals surface area contributed by atoms with Crippen molar-refractivity contribution >= 4 is 10.0 Å². The molecule has 2 fully saturated rings. The number of hydrogen-bond donors (Lipinski definition) is 1. The van der Waals surface area contributed by atoms with E-state index in [1.807, 2.05) is 0 Å². The van der Waals surface area contributed by atoms with Crippen LogP contribution < -0.4 is 4.72 Å². The maximum Gasteiger partial charge on any atom is 0.211 e. The molecule has 19 heavy (non-hydrogen) atoms. The second-order valence-corrected chi connectivity index (χ2v) is 7.44. The van der Waals surface area contributed by atoms with E-state index in [0.29, 0.717) is 19.0 Å². The second kappa shape index (κ2) is 7.02. The Balaban J connectivity index is 1.71. The van der Waals surface area contributed by atoms with Crippen LogP contribution in [0.25, 0.3) is 0 Å². The summed E-state index contributed by atoms with van der Waals surface area (Å²) in [6.45, 7) is 5.57. The molecule has 1 N–H and O–H groups in total. The van der Waals surface area contributed by atoms with E-state index in [-0.39, 0.29) is 11.9 Å². The van der Waals surface area contributed by atoms with Gasteiger partial charge >= 0.3 is 0 Å². The first-order valence-corrected chi connectivity index (χ1v) is 9.09. The van der Waals surface area contributed by atoms with Crippen molar-refractivity contribution in [2.75, 3.05) is 32.0 Å². The van der Waals surface area contributed by atoms with Crippen LogP contribution in [0, 0.1) is 0 Å². The summed E-state index contributed by atoms with van der Waals surface area (Å²) in [6.07, 6.45) is 5.11. The fraction of sp³-hybridized carbons (Fsp3) is 1.00. The molecule has 0 bridgehead atoms. The van der Waals surface area contributed by atoms with Crippen molar-refractivity contribution < 1.29 is 13.2 Å². The van der Waals surface area contributed by atoms with Gasteiger partial charge in [-0.15, -0.1) is 0 Å². The summed E-state index contributed by atoms with van der Waals surface area (Å²) in [6, 6.07) is 0.377. The van der Waals surface area contributed by atoms with E-state index in [1.54, 1.807) is 0 Å². The van der Waals surface area contributed by atoms with Crippen LogP contribution in [-0.4, -0.2) is 57.5 Å². The first-order chi connectivity index (χ1) is 9.11. The van der Waals surface area contributed by atoms with E-state index >= 15 is 0 Å². The van der Waals surface area contributed by atoms with E-state index in [4.69, 9.17) is 4.74 Å². The molecule has 0 amide bonds. The molecule has 0 saturated carbocycles. The molecule has 2 atom stereocenters. The number of hydrogen-bond acceptors (Lipinski definition) is 4. The normalized spacial score (nSPS) is 29.1. The minimum atomic E-state index is -3.14. The lowest BCUT2D eigenvalue weighted by Crippen LogP contribution is -2.41. The fourth-order valence-corrected chi connectivity index (χ4v) is 4.16. The van der Waals surface area contributed by atoms with Crippen LogP contribution in [-0.2, 0) is 14.8 Å². The number of nitrogens with zero attached hydrogens (tertiary/aromatic N) is 1. The fourth-order valence-electron chi connectivity index (χ4n) is 3.00. The van der Waals surface area contributed by atoms with Gasteiger partial charge in [0.15, 0.2) is 0 Å². The quantitative estimate of drug-likeness (QED) is 0.759. The third-order valence-corrected chi connectivity index (χ3v) is 5.56. The Morgan fingerprint density at radius 2 is 2.16 bits per heavy atom. The highest BCUT2D eigenvalue weighted by Gasteiger charge is 2.25. The molecule has 0 spiro atoms. The minimum absolute atomic E-state index is 0.148. The summed E-state index contributed by atoms with van der Waals surface area (Å²) in [5.41, 5.74) is 0. The zero-order valence-electron chi connectivity index (χ0n) is 11.8. The van der Waals surface area contributed by atoms with Crippen molar-refractivity contribution in [3.05, 3.63) is 0 Å². The van der Waals surface area contributed by atoms with Crippen LogP contribution in [0.1, 0.15) is 39.0 Å². The van der Waals surface area contributed by atoms with Gasteiger partial charge in [0.2, 0.25) is 10.0 Å². The molecule has 112 valence electrons. The van der Waals surface area contributed by atoms with Gasteiger partial charge in [-0.05, 0) is 45.2 Å². The van der Waals surface area contributed by atoms with Crippen LogP contribution in [0.2, 0.25) is 0 Å². The van der Waals surface area contributed by atoms with Crippen molar-refractivity contribution in [1.29, 1.82) is 0 Å². The van der Waals surface area contributed by atoms with Crippen molar-refractivity contribution in [3.8, 4) is 0 Å². The molecule has 0 unspecified atom stereocenters. The number of rotatable bonds is 7. The molecule has 2 aliphatic rings. The third-order valence-electron chi connectivity index (χ3n) is 4.18. The molecule has 0 aliphatic carbocycles. The Morgan fingerprint density at radius 3 is 2.84 bits per heavy atom. The summed E-state index contributed by atoms with van der Waals surface area (Å²) in [7, 11) is -3.14. The number of nitrogens with one attached hydrogen (secondary N) is 1. The Morgan fingerprint density at radius 1 is 1.32 bits per heavy atom. The molecule has 2 saturated heterocycles. The van der Waals surface area contributed by atoms with Crippen LogP contribution in [0.5, 0.6) is 0 Å². The molecule has 2 heterocycles. The second-order valence-electron chi connectivity index (χ2n) is 5.52. The maximum atomic E-state index is 12.0. The van der Waals surface area contributed by atoms with Gasteiger partial charge in [-0.25, -0.2) is 13.1 Å². The van der Waals surface area contributed by atoms with Gasteiger partial charge < -0.3 is 4.74 Å². The van der Waals surface area contributed by atoms with Crippen LogP contribution >= 0.6 is 0 Å². The summed E-state index contributed by atoms with van der Waals surface area (Å²) >= 11 is 0. The van der Waals surface area contributed by atoms with Gasteiger partial charge in [-0.3, -0.25) is 4.90 Å². The average Bonchev–Trinajstić information content (AvgIpc) is 3.05. The summed E-state index contributed by atoms with van der Waals surface area (Å²) in [4.78, 5) is 2.35. The van der Waals surface area contributed by atoms with Crippen LogP contribution in [0.15, 0.2) is 0 Å². The van der Waals surface area contributed by atoms with E-state index in [2.05, 4.69) is 16.5 Å². The largest absolute Gasteiger partial charge is 0.378 e. The molecular weight excluding hydrogens is 264 g/mol. The SMILES string of the molecule is CCN1CCC[C@@H]1CNS(=O)(=O)CC[C@H]1CCCO1. The number of likely N-dealkylation sites (tertiary alicyclic amines) is 1.